The fraction of sp³-hybridized carbons (Fsp3) is 0.421. The summed E-state index contributed by atoms with van der Waals surface area (Å²) in [5.74, 6) is -2.33. The highest BCUT2D eigenvalue weighted by Crippen LogP contribution is 2.35. The van der Waals surface area contributed by atoms with Gasteiger partial charge in [-0.3, -0.25) is 4.79 Å². The quantitative estimate of drug-likeness (QED) is 0.462. The standard InChI is InChI=1S/C19H23F4N5O3/c1-5-24-15-11(19(21,22)23)8-25-17(28-15)27-13-7-12(20)10(6-14(13)31-4)16(29)26-9-18(2,3)30/h6-8,30H,5,9H2,1-4H3,(H,26,29)(H2,24,25,27,28). The number of methoxy groups -OCH3 is 1. The molecule has 0 bridgehead atoms. The first-order valence-corrected chi connectivity index (χ1v) is 9.19. The number of aliphatic hydroxyl groups is 1. The molecule has 0 saturated heterocycles. The maximum absolute atomic E-state index is 14.5. The Morgan fingerprint density at radius 2 is 1.94 bits per heavy atom. The third-order valence-electron chi connectivity index (χ3n) is 3.90. The van der Waals surface area contributed by atoms with Gasteiger partial charge in [0.2, 0.25) is 5.95 Å². The van der Waals surface area contributed by atoms with Crippen LogP contribution in [0.1, 0.15) is 36.7 Å². The number of alkyl halides is 3. The highest BCUT2D eigenvalue weighted by Gasteiger charge is 2.35. The number of nitrogens with one attached hydrogen (secondary N) is 3. The minimum Gasteiger partial charge on any atom is -0.495 e. The molecule has 31 heavy (non-hydrogen) atoms. The van der Waals surface area contributed by atoms with Crippen molar-refractivity contribution in [3.05, 3.63) is 35.3 Å². The van der Waals surface area contributed by atoms with Gasteiger partial charge in [-0.05, 0) is 26.8 Å². The average molecular weight is 445 g/mol. The van der Waals surface area contributed by atoms with Crippen molar-refractivity contribution in [2.24, 2.45) is 0 Å². The number of rotatable bonds is 8. The zero-order valence-corrected chi connectivity index (χ0v) is 17.3. The Morgan fingerprint density at radius 1 is 1.26 bits per heavy atom. The summed E-state index contributed by atoms with van der Waals surface area (Å²) in [5, 5.41) is 17.2. The van der Waals surface area contributed by atoms with E-state index in [1.165, 1.54) is 21.0 Å². The molecule has 2 rings (SSSR count). The van der Waals surface area contributed by atoms with Gasteiger partial charge in [-0.1, -0.05) is 0 Å². The predicted octanol–water partition coefficient (Wildman–Crippen LogP) is 3.32. The second kappa shape index (κ2) is 9.33. The van der Waals surface area contributed by atoms with Gasteiger partial charge in [0.25, 0.3) is 5.91 Å². The summed E-state index contributed by atoms with van der Waals surface area (Å²) in [6.07, 6.45) is -4.05. The molecule has 0 aliphatic heterocycles. The van der Waals surface area contributed by atoms with Gasteiger partial charge in [0.05, 0.1) is 24.0 Å². The minimum atomic E-state index is -4.65. The Labute approximate surface area is 176 Å². The number of aromatic nitrogens is 2. The number of benzene rings is 1. The summed E-state index contributed by atoms with van der Waals surface area (Å²) < 4.78 is 59.0. The monoisotopic (exact) mass is 445 g/mol. The van der Waals surface area contributed by atoms with Crippen LogP contribution in [0.3, 0.4) is 0 Å². The number of carbonyl (C=O) groups is 1. The molecule has 0 unspecified atom stereocenters. The molecule has 2 aromatic rings. The highest BCUT2D eigenvalue weighted by atomic mass is 19.4. The lowest BCUT2D eigenvalue weighted by atomic mass is 10.1. The zero-order valence-electron chi connectivity index (χ0n) is 17.3. The van der Waals surface area contributed by atoms with Crippen LogP contribution >= 0.6 is 0 Å². The summed E-state index contributed by atoms with van der Waals surface area (Å²) in [4.78, 5) is 19.7. The van der Waals surface area contributed by atoms with E-state index in [4.69, 9.17) is 4.74 Å². The van der Waals surface area contributed by atoms with Gasteiger partial charge < -0.3 is 25.8 Å². The molecule has 4 N–H and O–H groups in total. The lowest BCUT2D eigenvalue weighted by molar-refractivity contribution is -0.137. The van der Waals surface area contributed by atoms with Crippen molar-refractivity contribution in [1.82, 2.24) is 15.3 Å². The molecular weight excluding hydrogens is 422 g/mol. The van der Waals surface area contributed by atoms with Gasteiger partial charge in [-0.15, -0.1) is 0 Å². The Kier molecular flexibility index (Phi) is 7.26. The summed E-state index contributed by atoms with van der Waals surface area (Å²) in [5.41, 5.74) is -2.58. The van der Waals surface area contributed by atoms with Crippen LogP contribution in [0.5, 0.6) is 5.75 Å². The Morgan fingerprint density at radius 3 is 2.48 bits per heavy atom. The molecule has 1 amide bonds. The van der Waals surface area contributed by atoms with Gasteiger partial charge in [0, 0.05) is 25.4 Å². The second-order valence-electron chi connectivity index (χ2n) is 7.14. The van der Waals surface area contributed by atoms with Crippen molar-refractivity contribution in [1.29, 1.82) is 0 Å². The van der Waals surface area contributed by atoms with E-state index in [0.717, 1.165) is 12.1 Å². The number of nitrogens with zero attached hydrogens (tertiary/aromatic N) is 2. The number of carbonyl (C=O) groups excluding carboxylic acids is 1. The van der Waals surface area contributed by atoms with Gasteiger partial charge in [0.15, 0.2) is 0 Å². The number of ether oxygens (including phenoxy) is 1. The van der Waals surface area contributed by atoms with E-state index in [1.807, 2.05) is 0 Å². The third kappa shape index (κ3) is 6.41. The SMILES string of the molecule is CCNc1nc(Nc2cc(F)c(C(=O)NCC(C)(C)O)cc2OC)ncc1C(F)(F)F. The third-order valence-corrected chi connectivity index (χ3v) is 3.90. The number of amides is 1. The number of hydrogen-bond donors (Lipinski definition) is 4. The molecule has 1 aromatic carbocycles. The molecule has 0 aliphatic carbocycles. The molecule has 12 heteroatoms. The van der Waals surface area contributed by atoms with Crippen LogP contribution in [-0.4, -0.2) is 46.8 Å². The summed E-state index contributed by atoms with van der Waals surface area (Å²) in [6.45, 7) is 4.63. The Balaban J connectivity index is 2.34. The van der Waals surface area contributed by atoms with E-state index >= 15 is 0 Å². The van der Waals surface area contributed by atoms with Crippen molar-refractivity contribution in [2.75, 3.05) is 30.8 Å². The normalized spacial score (nSPS) is 11.8. The van der Waals surface area contributed by atoms with E-state index in [9.17, 15) is 27.5 Å². The first-order valence-electron chi connectivity index (χ1n) is 9.19. The Bertz CT molecular complexity index is 945. The molecule has 0 spiro atoms. The average Bonchev–Trinajstić information content (AvgIpc) is 2.65. The topological polar surface area (TPSA) is 108 Å². The summed E-state index contributed by atoms with van der Waals surface area (Å²) in [7, 11) is 1.27. The second-order valence-corrected chi connectivity index (χ2v) is 7.14. The van der Waals surface area contributed by atoms with Gasteiger partial charge in [-0.2, -0.15) is 18.2 Å². The van der Waals surface area contributed by atoms with Crippen LogP contribution in [0.4, 0.5) is 35.0 Å². The van der Waals surface area contributed by atoms with Crippen LogP contribution < -0.4 is 20.7 Å². The lowest BCUT2D eigenvalue weighted by Crippen LogP contribution is -2.38. The molecule has 0 saturated carbocycles. The summed E-state index contributed by atoms with van der Waals surface area (Å²) >= 11 is 0. The van der Waals surface area contributed by atoms with Crippen molar-refractivity contribution in [3.8, 4) is 5.75 Å². The van der Waals surface area contributed by atoms with Crippen LogP contribution in [-0.2, 0) is 6.18 Å². The highest BCUT2D eigenvalue weighted by molar-refractivity contribution is 5.95. The maximum atomic E-state index is 14.5. The molecule has 0 aliphatic rings. The summed E-state index contributed by atoms with van der Waals surface area (Å²) in [6, 6.07) is 2.05. The number of anilines is 3. The molecule has 170 valence electrons. The van der Waals surface area contributed by atoms with Crippen LogP contribution in [0, 0.1) is 5.82 Å². The van der Waals surface area contributed by atoms with Crippen molar-refractivity contribution < 1.29 is 32.2 Å². The van der Waals surface area contributed by atoms with E-state index in [0.29, 0.717) is 6.20 Å². The van der Waals surface area contributed by atoms with Gasteiger partial charge in [0.1, 0.15) is 22.9 Å². The fourth-order valence-electron chi connectivity index (χ4n) is 2.46. The number of hydrogen-bond acceptors (Lipinski definition) is 7. The first-order chi connectivity index (χ1) is 14.4. The predicted molar refractivity (Wildman–Crippen MR) is 106 cm³/mol. The van der Waals surface area contributed by atoms with Crippen molar-refractivity contribution >= 4 is 23.4 Å². The first kappa shape index (κ1) is 24.1. The van der Waals surface area contributed by atoms with E-state index in [2.05, 4.69) is 25.9 Å². The van der Waals surface area contributed by atoms with Crippen LogP contribution in [0.15, 0.2) is 18.3 Å². The zero-order chi connectivity index (χ0) is 23.4. The molecule has 1 heterocycles. The van der Waals surface area contributed by atoms with E-state index in [-0.39, 0.29) is 36.0 Å². The van der Waals surface area contributed by atoms with Crippen LogP contribution in [0.25, 0.3) is 0 Å². The van der Waals surface area contributed by atoms with Crippen molar-refractivity contribution in [2.45, 2.75) is 32.5 Å². The molecule has 1 aromatic heterocycles. The maximum Gasteiger partial charge on any atom is 0.421 e. The van der Waals surface area contributed by atoms with Gasteiger partial charge >= 0.3 is 6.18 Å². The lowest BCUT2D eigenvalue weighted by Gasteiger charge is -2.18. The van der Waals surface area contributed by atoms with E-state index < -0.39 is 34.9 Å². The largest absolute Gasteiger partial charge is 0.495 e. The molecule has 0 atom stereocenters. The fourth-order valence-corrected chi connectivity index (χ4v) is 2.46. The molecule has 0 radical (unpaired) electrons. The minimum absolute atomic E-state index is 0.00115. The smallest absolute Gasteiger partial charge is 0.421 e. The van der Waals surface area contributed by atoms with Gasteiger partial charge in [-0.25, -0.2) is 9.37 Å². The molecular formula is C19H23F4N5O3. The molecule has 8 nitrogen and oxygen atoms in total. The van der Waals surface area contributed by atoms with Crippen LogP contribution in [0.2, 0.25) is 0 Å². The number of halogens is 4. The molecule has 0 fully saturated rings. The van der Waals surface area contributed by atoms with E-state index in [1.54, 1.807) is 6.92 Å². The Hall–Kier alpha value is -3.15. The van der Waals surface area contributed by atoms with Crippen molar-refractivity contribution in [3.63, 3.8) is 0 Å².